The van der Waals surface area contributed by atoms with Gasteiger partial charge < -0.3 is 14.8 Å². The molecule has 8 heteroatoms. The Kier molecular flexibility index (Phi) is 5.68. The Morgan fingerprint density at radius 3 is 2.49 bits per heavy atom. The van der Waals surface area contributed by atoms with Gasteiger partial charge in [0.25, 0.3) is 0 Å². The molecular formula is C31H29F3N4O. The second-order valence-corrected chi connectivity index (χ2v) is 11.1. The van der Waals surface area contributed by atoms with Crippen LogP contribution in [0, 0.1) is 11.8 Å². The predicted octanol–water partition coefficient (Wildman–Crippen LogP) is 6.62. The Bertz CT molecular complexity index is 1570. The van der Waals surface area contributed by atoms with Gasteiger partial charge in [0.2, 0.25) is 5.91 Å². The molecule has 5 nitrogen and oxygen atoms in total. The molecule has 200 valence electrons. The highest BCUT2D eigenvalue weighted by Gasteiger charge is 2.37. The number of nitrogens with one attached hydrogen (secondary N) is 1. The van der Waals surface area contributed by atoms with Gasteiger partial charge in [0, 0.05) is 43.3 Å². The van der Waals surface area contributed by atoms with Crippen molar-refractivity contribution in [3.63, 3.8) is 0 Å². The van der Waals surface area contributed by atoms with Gasteiger partial charge in [-0.3, -0.25) is 4.79 Å². The number of hydrogen-bond donors (Lipinski definition) is 1. The summed E-state index contributed by atoms with van der Waals surface area (Å²) in [6, 6.07) is 18.3. The number of likely N-dealkylation sites (tertiary alicyclic amines) is 1. The summed E-state index contributed by atoms with van der Waals surface area (Å²) in [5.74, 6) is 1.32. The lowest BCUT2D eigenvalue weighted by Crippen LogP contribution is -2.30. The standard InChI is InChI=1S/C31H29F3N4O/c32-31(33,34)25-8-10-28-27(16-25)36-29(38(28)18-19-12-14-37(17-19)30(39)22-5-6-22)21-3-1-20(2-4-21)23-7-9-26-24(15-23)11-13-35-26/h1-4,7-10,15-16,19,22,35H,5-6,11-14,17-18H2/t19-/m0/s1. The fraction of sp³-hybridized carbons (Fsp3) is 0.355. The minimum Gasteiger partial charge on any atom is -0.384 e. The van der Waals surface area contributed by atoms with Crippen LogP contribution in [0.3, 0.4) is 0 Å². The van der Waals surface area contributed by atoms with Crippen LogP contribution in [0.1, 0.15) is 30.4 Å². The number of rotatable bonds is 5. The van der Waals surface area contributed by atoms with Crippen molar-refractivity contribution >= 4 is 22.6 Å². The van der Waals surface area contributed by atoms with E-state index < -0.39 is 11.7 Å². The zero-order valence-corrected chi connectivity index (χ0v) is 21.5. The van der Waals surface area contributed by atoms with Gasteiger partial charge in [-0.1, -0.05) is 30.3 Å². The SMILES string of the molecule is O=C(C1CC1)N1CC[C@H](Cn2c(-c3ccc(-c4ccc5c(c4)CCN5)cc3)nc3cc(C(F)(F)F)ccc32)C1. The molecule has 1 saturated carbocycles. The maximum atomic E-state index is 13.5. The molecule has 4 aromatic rings. The van der Waals surface area contributed by atoms with Crippen molar-refractivity contribution in [3.8, 4) is 22.5 Å². The van der Waals surface area contributed by atoms with E-state index in [9.17, 15) is 18.0 Å². The number of halogens is 3. The fourth-order valence-corrected chi connectivity index (χ4v) is 6.04. The number of benzene rings is 3. The minimum atomic E-state index is -4.43. The van der Waals surface area contributed by atoms with Crippen molar-refractivity contribution in [1.82, 2.24) is 14.5 Å². The molecule has 3 aromatic carbocycles. The molecule has 1 aliphatic carbocycles. The van der Waals surface area contributed by atoms with Gasteiger partial charge in [-0.05, 0) is 78.6 Å². The minimum absolute atomic E-state index is 0.189. The molecule has 1 saturated heterocycles. The molecule has 0 spiro atoms. The van der Waals surface area contributed by atoms with E-state index in [-0.39, 0.29) is 17.7 Å². The van der Waals surface area contributed by atoms with Crippen LogP contribution in [0.2, 0.25) is 0 Å². The smallest absolute Gasteiger partial charge is 0.384 e. The molecule has 3 aliphatic rings. The predicted molar refractivity (Wildman–Crippen MR) is 145 cm³/mol. The first-order chi connectivity index (χ1) is 18.8. The van der Waals surface area contributed by atoms with Gasteiger partial charge in [0.1, 0.15) is 5.82 Å². The molecule has 0 bridgehead atoms. The van der Waals surface area contributed by atoms with Gasteiger partial charge in [0.15, 0.2) is 0 Å². The van der Waals surface area contributed by atoms with Gasteiger partial charge >= 0.3 is 6.18 Å². The van der Waals surface area contributed by atoms with E-state index in [4.69, 9.17) is 4.98 Å². The molecule has 1 aromatic heterocycles. The van der Waals surface area contributed by atoms with E-state index >= 15 is 0 Å². The fourth-order valence-electron chi connectivity index (χ4n) is 6.04. The molecule has 0 radical (unpaired) electrons. The molecule has 0 unspecified atom stereocenters. The number of imidazole rings is 1. The third kappa shape index (κ3) is 4.56. The number of anilines is 1. The third-order valence-electron chi connectivity index (χ3n) is 8.33. The molecule has 1 amide bonds. The van der Waals surface area contributed by atoms with Gasteiger partial charge in [-0.15, -0.1) is 0 Å². The summed E-state index contributed by atoms with van der Waals surface area (Å²) in [5, 5.41) is 3.39. The van der Waals surface area contributed by atoms with E-state index in [0.717, 1.165) is 67.6 Å². The van der Waals surface area contributed by atoms with Gasteiger partial charge in [-0.2, -0.15) is 13.2 Å². The number of carbonyl (C=O) groups is 1. The monoisotopic (exact) mass is 530 g/mol. The first-order valence-corrected chi connectivity index (χ1v) is 13.7. The van der Waals surface area contributed by atoms with E-state index in [2.05, 4.69) is 35.6 Å². The Morgan fingerprint density at radius 2 is 1.72 bits per heavy atom. The third-order valence-corrected chi connectivity index (χ3v) is 8.33. The molecule has 3 heterocycles. The highest BCUT2D eigenvalue weighted by Crippen LogP contribution is 2.36. The molecule has 7 rings (SSSR count). The van der Waals surface area contributed by atoms with Gasteiger partial charge in [0.05, 0.1) is 16.6 Å². The largest absolute Gasteiger partial charge is 0.416 e. The lowest BCUT2D eigenvalue weighted by atomic mass is 10.0. The van der Waals surface area contributed by atoms with E-state index in [1.165, 1.54) is 17.3 Å². The molecule has 1 atom stereocenters. The van der Waals surface area contributed by atoms with Crippen molar-refractivity contribution in [1.29, 1.82) is 0 Å². The summed E-state index contributed by atoms with van der Waals surface area (Å²) >= 11 is 0. The van der Waals surface area contributed by atoms with Crippen LogP contribution in [0.25, 0.3) is 33.5 Å². The van der Waals surface area contributed by atoms with Crippen molar-refractivity contribution in [2.45, 2.75) is 38.4 Å². The number of nitrogens with zero attached hydrogens (tertiary/aromatic N) is 3. The first-order valence-electron chi connectivity index (χ1n) is 13.7. The van der Waals surface area contributed by atoms with Crippen LogP contribution in [-0.2, 0) is 23.9 Å². The number of amides is 1. The van der Waals surface area contributed by atoms with Crippen LogP contribution in [0.15, 0.2) is 60.7 Å². The highest BCUT2D eigenvalue weighted by atomic mass is 19.4. The van der Waals surface area contributed by atoms with Gasteiger partial charge in [-0.25, -0.2) is 4.98 Å². The second kappa shape index (κ2) is 9.14. The summed E-state index contributed by atoms with van der Waals surface area (Å²) in [5.41, 5.74) is 5.89. The van der Waals surface area contributed by atoms with Crippen LogP contribution in [0.4, 0.5) is 18.9 Å². The van der Waals surface area contributed by atoms with Crippen LogP contribution < -0.4 is 5.32 Å². The molecular weight excluding hydrogens is 501 g/mol. The Hall–Kier alpha value is -3.81. The van der Waals surface area contributed by atoms with E-state index in [0.29, 0.717) is 29.9 Å². The van der Waals surface area contributed by atoms with Crippen molar-refractivity contribution in [3.05, 3.63) is 71.8 Å². The normalized spacial score (nSPS) is 18.9. The summed E-state index contributed by atoms with van der Waals surface area (Å²) in [6.07, 6.45) is -0.576. The number of hydrogen-bond acceptors (Lipinski definition) is 3. The molecule has 1 N–H and O–H groups in total. The number of alkyl halides is 3. The highest BCUT2D eigenvalue weighted by molar-refractivity contribution is 5.83. The summed E-state index contributed by atoms with van der Waals surface area (Å²) < 4.78 is 42.5. The quantitative estimate of drug-likeness (QED) is 0.316. The first kappa shape index (κ1) is 24.2. The molecule has 2 fully saturated rings. The summed E-state index contributed by atoms with van der Waals surface area (Å²) in [7, 11) is 0. The lowest BCUT2D eigenvalue weighted by molar-refractivity contribution is -0.137. The maximum absolute atomic E-state index is 13.5. The maximum Gasteiger partial charge on any atom is 0.416 e. The zero-order chi connectivity index (χ0) is 26.7. The van der Waals surface area contributed by atoms with Crippen LogP contribution in [-0.4, -0.2) is 40.0 Å². The van der Waals surface area contributed by atoms with Crippen molar-refractivity contribution in [2.24, 2.45) is 11.8 Å². The Morgan fingerprint density at radius 1 is 0.949 bits per heavy atom. The lowest BCUT2D eigenvalue weighted by Gasteiger charge is -2.18. The van der Waals surface area contributed by atoms with Crippen LogP contribution in [0.5, 0.6) is 0 Å². The topological polar surface area (TPSA) is 50.2 Å². The summed E-state index contributed by atoms with van der Waals surface area (Å²) in [6.45, 7) is 2.98. The molecule has 39 heavy (non-hydrogen) atoms. The van der Waals surface area contributed by atoms with Crippen molar-refractivity contribution in [2.75, 3.05) is 25.0 Å². The zero-order valence-electron chi connectivity index (χ0n) is 21.5. The average Bonchev–Trinajstić information content (AvgIpc) is 3.33. The average molecular weight is 531 g/mol. The van der Waals surface area contributed by atoms with E-state index in [1.807, 2.05) is 21.6 Å². The van der Waals surface area contributed by atoms with E-state index in [1.54, 1.807) is 0 Å². The van der Waals surface area contributed by atoms with Crippen LogP contribution >= 0.6 is 0 Å². The number of carbonyl (C=O) groups excluding carboxylic acids is 1. The summed E-state index contributed by atoms with van der Waals surface area (Å²) in [4.78, 5) is 19.3. The second-order valence-electron chi connectivity index (χ2n) is 11.1. The number of aromatic nitrogens is 2. The Labute approximate surface area is 224 Å². The van der Waals surface area contributed by atoms with Crippen molar-refractivity contribution < 1.29 is 18.0 Å². The Balaban J connectivity index is 1.22. The number of fused-ring (bicyclic) bond motifs is 2. The molecule has 2 aliphatic heterocycles.